The first-order chi connectivity index (χ1) is 9.65. The van der Waals surface area contributed by atoms with Crippen molar-refractivity contribution in [2.45, 2.75) is 59.3 Å². The second-order valence-corrected chi connectivity index (χ2v) is 10.0. The van der Waals surface area contributed by atoms with Gasteiger partial charge in [0.2, 0.25) is 0 Å². The molecule has 3 rings (SSSR count). The van der Waals surface area contributed by atoms with Crippen LogP contribution in [0.15, 0.2) is 11.9 Å². The van der Waals surface area contributed by atoms with Crippen molar-refractivity contribution < 1.29 is 14.4 Å². The lowest BCUT2D eigenvalue weighted by molar-refractivity contribution is 0.0879. The van der Waals surface area contributed by atoms with Crippen molar-refractivity contribution in [3.05, 3.63) is 11.9 Å². The minimum atomic E-state index is -4.00. The van der Waals surface area contributed by atoms with Gasteiger partial charge in [-0.15, -0.1) is 0 Å². The van der Waals surface area contributed by atoms with Gasteiger partial charge in [0, 0.05) is 5.82 Å². The highest BCUT2D eigenvalue weighted by Gasteiger charge is 2.64. The largest absolute Gasteiger partial charge is 0.348 e. The summed E-state index contributed by atoms with van der Waals surface area (Å²) in [5.41, 5.74) is 0.825. The Morgan fingerprint density at radius 2 is 1.90 bits per heavy atom. The Hall–Kier alpha value is -0.110. The van der Waals surface area contributed by atoms with E-state index in [0.717, 1.165) is 30.0 Å². The van der Waals surface area contributed by atoms with Gasteiger partial charge in [-0.1, -0.05) is 33.3 Å². The summed E-state index contributed by atoms with van der Waals surface area (Å²) in [6, 6.07) is 0. The van der Waals surface area contributed by atoms with E-state index in [2.05, 4.69) is 20.8 Å². The van der Waals surface area contributed by atoms with Crippen molar-refractivity contribution in [1.82, 2.24) is 0 Å². The molecule has 0 aliphatic heterocycles. The summed E-state index contributed by atoms with van der Waals surface area (Å²) in [5.74, 6) is 4.14. The Kier molecular flexibility index (Phi) is 3.71. The first kappa shape index (κ1) is 15.8. The van der Waals surface area contributed by atoms with Crippen molar-refractivity contribution in [3.8, 4) is 0 Å². The van der Waals surface area contributed by atoms with Gasteiger partial charge in [0.05, 0.1) is 0 Å². The van der Waals surface area contributed by atoms with Crippen molar-refractivity contribution in [1.29, 1.82) is 0 Å². The molecule has 21 heavy (non-hydrogen) atoms. The van der Waals surface area contributed by atoms with Crippen LogP contribution < -0.4 is 0 Å². The summed E-state index contributed by atoms with van der Waals surface area (Å²) >= 11 is 0. The summed E-state index contributed by atoms with van der Waals surface area (Å²) in [4.78, 5) is 18.1. The third-order valence-corrected chi connectivity index (χ3v) is 7.64. The highest BCUT2D eigenvalue weighted by Crippen LogP contribution is 2.71. The average molecular weight is 312 g/mol. The fourth-order valence-corrected chi connectivity index (χ4v) is 6.76. The predicted octanol–water partition coefficient (Wildman–Crippen LogP) is 4.56. The lowest BCUT2D eigenvalue weighted by Crippen LogP contribution is -2.33. The summed E-state index contributed by atoms with van der Waals surface area (Å²) in [6.07, 6.45) is 9.23. The second kappa shape index (κ2) is 4.94. The summed E-state index contributed by atoms with van der Waals surface area (Å²) < 4.78 is 11.0. The van der Waals surface area contributed by atoms with E-state index in [1.54, 1.807) is 6.08 Å². The molecule has 3 saturated carbocycles. The molecular weight excluding hydrogens is 283 g/mol. The molecule has 0 radical (unpaired) electrons. The van der Waals surface area contributed by atoms with Gasteiger partial charge < -0.3 is 9.79 Å². The number of hydrogen-bond acceptors (Lipinski definition) is 1. The van der Waals surface area contributed by atoms with E-state index >= 15 is 0 Å². The number of allylic oxidation sites excluding steroid dienone is 1. The predicted molar refractivity (Wildman–Crippen MR) is 84.7 cm³/mol. The third kappa shape index (κ3) is 2.56. The molecule has 2 N–H and O–H groups in total. The van der Waals surface area contributed by atoms with Gasteiger partial charge in [0.25, 0.3) is 0 Å². The molecule has 0 spiro atoms. The molecule has 4 bridgehead atoms. The Morgan fingerprint density at radius 3 is 2.57 bits per heavy atom. The molecule has 0 amide bonds. The minimum Gasteiger partial charge on any atom is -0.321 e. The first-order valence-electron chi connectivity index (χ1n) is 8.38. The van der Waals surface area contributed by atoms with Crippen LogP contribution >= 0.6 is 7.60 Å². The Bertz CT molecular complexity index is 492. The molecule has 5 atom stereocenters. The fraction of sp³-hybridized carbons (Fsp3) is 0.882. The van der Waals surface area contributed by atoms with Gasteiger partial charge in [-0.2, -0.15) is 0 Å². The third-order valence-electron chi connectivity index (χ3n) is 7.05. The van der Waals surface area contributed by atoms with Crippen molar-refractivity contribution >= 4 is 7.60 Å². The van der Waals surface area contributed by atoms with Crippen LogP contribution in [0, 0.1) is 34.5 Å². The normalized spacial score (nSPS) is 45.2. The molecule has 3 fully saturated rings. The minimum absolute atomic E-state index is 0.389. The highest BCUT2D eigenvalue weighted by molar-refractivity contribution is 7.55. The van der Waals surface area contributed by atoms with E-state index in [4.69, 9.17) is 9.79 Å². The molecule has 0 saturated heterocycles. The highest BCUT2D eigenvalue weighted by atomic mass is 31.2. The van der Waals surface area contributed by atoms with Crippen LogP contribution in [0.1, 0.15) is 59.3 Å². The fourth-order valence-electron chi connectivity index (χ4n) is 6.36. The zero-order valence-electron chi connectivity index (χ0n) is 13.5. The topological polar surface area (TPSA) is 57.5 Å². The van der Waals surface area contributed by atoms with Crippen LogP contribution in [0.3, 0.4) is 0 Å². The summed E-state index contributed by atoms with van der Waals surface area (Å²) in [7, 11) is -4.00. The average Bonchev–Trinajstić information content (AvgIpc) is 2.82. The molecule has 0 aromatic rings. The molecule has 0 heterocycles. The van der Waals surface area contributed by atoms with Gasteiger partial charge >= 0.3 is 7.60 Å². The van der Waals surface area contributed by atoms with Crippen molar-refractivity contribution in [3.63, 3.8) is 0 Å². The standard InChI is InChI=1S/C17H29O3P/c1-16(2)9-5-10-17(3)13(6-4-11-21(18,19)20)12-7-8-14(17)15(12)16/h4,11-15H,5-10H2,1-3H3,(H2,18,19,20)/b11-4+/t12-,13+,14-,15+,17-/m1/s1. The summed E-state index contributed by atoms with van der Waals surface area (Å²) in [5, 5.41) is 0. The second-order valence-electron chi connectivity index (χ2n) is 8.54. The molecule has 0 unspecified atom stereocenters. The molecule has 0 aromatic heterocycles. The molecule has 3 aliphatic rings. The van der Waals surface area contributed by atoms with Gasteiger partial charge in [-0.25, -0.2) is 0 Å². The number of rotatable bonds is 3. The van der Waals surface area contributed by atoms with Crippen LogP contribution in [0.25, 0.3) is 0 Å². The monoisotopic (exact) mass is 312 g/mol. The lowest BCUT2D eigenvalue weighted by atomic mass is 9.64. The summed E-state index contributed by atoms with van der Waals surface area (Å²) in [6.45, 7) is 7.35. The first-order valence-corrected chi connectivity index (χ1v) is 10.1. The van der Waals surface area contributed by atoms with Crippen LogP contribution in [-0.2, 0) is 4.57 Å². The zero-order chi connectivity index (χ0) is 15.5. The molecule has 3 aliphatic carbocycles. The van der Waals surface area contributed by atoms with Crippen LogP contribution in [0.2, 0.25) is 0 Å². The maximum absolute atomic E-state index is 11.0. The lowest BCUT2D eigenvalue weighted by Gasteiger charge is -2.41. The van der Waals surface area contributed by atoms with E-state index in [-0.39, 0.29) is 0 Å². The van der Waals surface area contributed by atoms with Gasteiger partial charge in [-0.05, 0) is 66.6 Å². The van der Waals surface area contributed by atoms with E-state index in [1.165, 1.54) is 32.1 Å². The zero-order valence-corrected chi connectivity index (χ0v) is 14.4. The SMILES string of the molecule is CC1(C)CCC[C@@]2(C)[C@@H]3CC[C@@H]([C@@H]31)[C@@H]2C/C=C/P(=O)(O)O. The molecule has 4 heteroatoms. The quantitative estimate of drug-likeness (QED) is 0.751. The molecular formula is C17H29O3P. The Balaban J connectivity index is 1.86. The van der Waals surface area contributed by atoms with Gasteiger partial charge in [-0.3, -0.25) is 4.57 Å². The van der Waals surface area contributed by atoms with Crippen molar-refractivity contribution in [2.24, 2.45) is 34.5 Å². The number of hydrogen-bond donors (Lipinski definition) is 2. The van der Waals surface area contributed by atoms with Gasteiger partial charge in [0.15, 0.2) is 0 Å². The molecule has 3 nitrogen and oxygen atoms in total. The van der Waals surface area contributed by atoms with E-state index < -0.39 is 7.60 Å². The van der Waals surface area contributed by atoms with E-state index in [0.29, 0.717) is 16.7 Å². The Labute approximate surface area is 128 Å². The van der Waals surface area contributed by atoms with Crippen LogP contribution in [-0.4, -0.2) is 9.79 Å². The maximum atomic E-state index is 11.0. The maximum Gasteiger partial charge on any atom is 0.348 e. The van der Waals surface area contributed by atoms with Crippen molar-refractivity contribution in [2.75, 3.05) is 0 Å². The Morgan fingerprint density at radius 1 is 1.19 bits per heavy atom. The van der Waals surface area contributed by atoms with Gasteiger partial charge in [0.1, 0.15) is 0 Å². The van der Waals surface area contributed by atoms with Crippen LogP contribution in [0.5, 0.6) is 0 Å². The van der Waals surface area contributed by atoms with E-state index in [1.807, 2.05) is 0 Å². The van der Waals surface area contributed by atoms with Crippen LogP contribution in [0.4, 0.5) is 0 Å². The smallest absolute Gasteiger partial charge is 0.321 e. The molecule has 120 valence electrons. The molecule has 0 aromatic carbocycles. The van der Waals surface area contributed by atoms with E-state index in [9.17, 15) is 4.57 Å².